The first-order valence-electron chi connectivity index (χ1n) is 3.52. The summed E-state index contributed by atoms with van der Waals surface area (Å²) in [4.78, 5) is 0. The van der Waals surface area contributed by atoms with Crippen LogP contribution in [0.5, 0.6) is 0 Å². The Morgan fingerprint density at radius 1 is 0.909 bits per heavy atom. The van der Waals surface area contributed by atoms with E-state index in [4.69, 9.17) is 5.11 Å². The Balaban J connectivity index is -0.0000000817. The van der Waals surface area contributed by atoms with Gasteiger partial charge in [0.25, 0.3) is 0 Å². The van der Waals surface area contributed by atoms with Gasteiger partial charge in [-0.2, -0.15) is 0 Å². The van der Waals surface area contributed by atoms with Crippen molar-refractivity contribution in [3.8, 4) is 0 Å². The van der Waals surface area contributed by atoms with Crippen molar-refractivity contribution in [2.75, 3.05) is 6.61 Å². The molecule has 0 radical (unpaired) electrons. The molecule has 0 heterocycles. The Hall–Kier alpha value is 0.594. The minimum absolute atomic E-state index is 0. The van der Waals surface area contributed by atoms with E-state index in [-0.39, 0.29) is 32.7 Å². The zero-order valence-corrected chi connectivity index (χ0v) is 8.75. The fourth-order valence-corrected chi connectivity index (χ4v) is 0.715. The van der Waals surface area contributed by atoms with Crippen LogP contribution < -0.4 is 0 Å². The first-order chi connectivity index (χ1) is 3.91. The topological polar surface area (TPSA) is 83.2 Å². The molecule has 3 nitrogen and oxygen atoms in total. The summed E-state index contributed by atoms with van der Waals surface area (Å²) in [5.41, 5.74) is 0. The molecule has 0 aliphatic carbocycles. The van der Waals surface area contributed by atoms with Crippen LogP contribution >= 0.6 is 0 Å². The van der Waals surface area contributed by atoms with Crippen LogP contribution in [0, 0.1) is 0 Å². The number of rotatable bonds is 5. The van der Waals surface area contributed by atoms with Gasteiger partial charge in [0.15, 0.2) is 0 Å². The standard InChI is InChI=1S/C7H16O.2H2O.Ti/c1-2-3-4-5-6-7-8;;;/h8H,2-7H2,1H3;2*1H2;. The molecule has 0 aromatic heterocycles. The van der Waals surface area contributed by atoms with E-state index >= 15 is 0 Å². The second-order valence-corrected chi connectivity index (χ2v) is 2.14. The van der Waals surface area contributed by atoms with Gasteiger partial charge in [0.2, 0.25) is 0 Å². The number of hydrogen-bond donors (Lipinski definition) is 1. The number of aliphatic hydroxyl groups excluding tert-OH is 1. The van der Waals surface area contributed by atoms with Crippen molar-refractivity contribution in [1.82, 2.24) is 0 Å². The van der Waals surface area contributed by atoms with Gasteiger partial charge in [-0.05, 0) is 6.42 Å². The van der Waals surface area contributed by atoms with Crippen LogP contribution in [-0.2, 0) is 21.7 Å². The van der Waals surface area contributed by atoms with Crippen LogP contribution in [0.25, 0.3) is 0 Å². The summed E-state index contributed by atoms with van der Waals surface area (Å²) in [5, 5.41) is 8.37. The van der Waals surface area contributed by atoms with Gasteiger partial charge in [-0.3, -0.25) is 0 Å². The molecule has 0 spiro atoms. The van der Waals surface area contributed by atoms with Crippen molar-refractivity contribution in [2.24, 2.45) is 0 Å². The smallest absolute Gasteiger partial charge is 0.0431 e. The molecule has 0 aromatic rings. The average Bonchev–Trinajstić information content (AvgIpc) is 1.81. The third-order valence-corrected chi connectivity index (χ3v) is 1.26. The van der Waals surface area contributed by atoms with Crippen LogP contribution in [0.1, 0.15) is 39.0 Å². The van der Waals surface area contributed by atoms with Gasteiger partial charge in [0.05, 0.1) is 0 Å². The van der Waals surface area contributed by atoms with Crippen molar-refractivity contribution in [1.29, 1.82) is 0 Å². The Labute approximate surface area is 83.7 Å². The molecule has 11 heavy (non-hydrogen) atoms. The fourth-order valence-electron chi connectivity index (χ4n) is 0.715. The molecular formula is C7H20O3Ti. The van der Waals surface area contributed by atoms with Crippen molar-refractivity contribution >= 4 is 0 Å². The maximum atomic E-state index is 8.37. The van der Waals surface area contributed by atoms with Crippen molar-refractivity contribution in [3.05, 3.63) is 0 Å². The molecule has 0 saturated heterocycles. The molecule has 0 aliphatic heterocycles. The predicted octanol–water partition coefficient (Wildman–Crippen LogP) is 0.297. The number of hydrogen-bond acceptors (Lipinski definition) is 1. The molecule has 4 heteroatoms. The summed E-state index contributed by atoms with van der Waals surface area (Å²) in [6, 6.07) is 0. The van der Waals surface area contributed by atoms with E-state index in [0.29, 0.717) is 6.61 Å². The summed E-state index contributed by atoms with van der Waals surface area (Å²) in [7, 11) is 0. The maximum absolute atomic E-state index is 8.37. The zero-order valence-electron chi connectivity index (χ0n) is 7.19. The molecule has 0 amide bonds. The predicted molar refractivity (Wildman–Crippen MR) is 43.1 cm³/mol. The average molecular weight is 200 g/mol. The zero-order chi connectivity index (χ0) is 6.24. The monoisotopic (exact) mass is 200 g/mol. The van der Waals surface area contributed by atoms with Crippen LogP contribution in [0.15, 0.2) is 0 Å². The number of aliphatic hydroxyl groups is 1. The summed E-state index contributed by atoms with van der Waals surface area (Å²) in [6.07, 6.45) is 6.08. The van der Waals surface area contributed by atoms with E-state index in [1.165, 1.54) is 25.7 Å². The van der Waals surface area contributed by atoms with E-state index < -0.39 is 0 Å². The summed E-state index contributed by atoms with van der Waals surface area (Å²) in [6.45, 7) is 2.56. The molecule has 0 bridgehead atoms. The molecule has 70 valence electrons. The van der Waals surface area contributed by atoms with Crippen molar-refractivity contribution in [2.45, 2.75) is 39.0 Å². The Kier molecular flexibility index (Phi) is 46.0. The van der Waals surface area contributed by atoms with Crippen LogP contribution in [0.4, 0.5) is 0 Å². The minimum atomic E-state index is 0. The van der Waals surface area contributed by atoms with E-state index in [1.54, 1.807) is 0 Å². The Morgan fingerprint density at radius 2 is 1.36 bits per heavy atom. The molecule has 0 rings (SSSR count). The fraction of sp³-hybridized carbons (Fsp3) is 1.00. The normalized spacial score (nSPS) is 7.09. The molecule has 0 fully saturated rings. The van der Waals surface area contributed by atoms with Gasteiger partial charge in [-0.15, -0.1) is 0 Å². The van der Waals surface area contributed by atoms with Gasteiger partial charge in [-0.1, -0.05) is 32.6 Å². The maximum Gasteiger partial charge on any atom is 0.0431 e. The van der Waals surface area contributed by atoms with E-state index in [2.05, 4.69) is 6.92 Å². The minimum Gasteiger partial charge on any atom is -0.412 e. The van der Waals surface area contributed by atoms with E-state index in [9.17, 15) is 0 Å². The van der Waals surface area contributed by atoms with Gasteiger partial charge in [0.1, 0.15) is 0 Å². The van der Waals surface area contributed by atoms with Crippen molar-refractivity contribution in [3.63, 3.8) is 0 Å². The summed E-state index contributed by atoms with van der Waals surface area (Å²) in [5.74, 6) is 0. The van der Waals surface area contributed by atoms with E-state index in [1.807, 2.05) is 0 Å². The number of unbranched alkanes of at least 4 members (excludes halogenated alkanes) is 4. The first kappa shape index (κ1) is 22.6. The Bertz CT molecular complexity index is 38.7. The van der Waals surface area contributed by atoms with Crippen LogP contribution in [-0.4, -0.2) is 22.7 Å². The van der Waals surface area contributed by atoms with Gasteiger partial charge >= 0.3 is 0 Å². The molecule has 5 N–H and O–H groups in total. The molecular weight excluding hydrogens is 180 g/mol. The van der Waals surface area contributed by atoms with Crippen LogP contribution in [0.3, 0.4) is 0 Å². The third-order valence-electron chi connectivity index (χ3n) is 1.26. The van der Waals surface area contributed by atoms with Gasteiger partial charge < -0.3 is 16.1 Å². The molecule has 0 unspecified atom stereocenters. The quantitative estimate of drug-likeness (QED) is 0.502. The van der Waals surface area contributed by atoms with Gasteiger partial charge in [0, 0.05) is 28.3 Å². The summed E-state index contributed by atoms with van der Waals surface area (Å²) >= 11 is 0. The summed E-state index contributed by atoms with van der Waals surface area (Å²) < 4.78 is 0. The molecule has 0 aromatic carbocycles. The molecule has 0 atom stereocenters. The van der Waals surface area contributed by atoms with Gasteiger partial charge in [-0.25, -0.2) is 0 Å². The van der Waals surface area contributed by atoms with Crippen molar-refractivity contribution < 1.29 is 37.8 Å². The second kappa shape index (κ2) is 22.4. The second-order valence-electron chi connectivity index (χ2n) is 2.14. The largest absolute Gasteiger partial charge is 0.412 e. The van der Waals surface area contributed by atoms with E-state index in [0.717, 1.165) is 6.42 Å². The molecule has 0 saturated carbocycles. The third kappa shape index (κ3) is 25.0. The SMILES string of the molecule is CCCCCCCO.O.O.[Ti]. The Morgan fingerprint density at radius 3 is 1.73 bits per heavy atom. The molecule has 0 aliphatic rings. The van der Waals surface area contributed by atoms with Crippen LogP contribution in [0.2, 0.25) is 0 Å². The first-order valence-corrected chi connectivity index (χ1v) is 3.52.